The average molecular weight is 271 g/mol. The zero-order valence-electron chi connectivity index (χ0n) is 11.0. The lowest BCUT2D eigenvalue weighted by Gasteiger charge is -2.33. The maximum absolute atomic E-state index is 12.0. The Morgan fingerprint density at radius 1 is 1.26 bits per heavy atom. The summed E-state index contributed by atoms with van der Waals surface area (Å²) in [5.41, 5.74) is 0. The second-order valence-corrected chi connectivity index (χ2v) is 5.09. The van der Waals surface area contributed by atoms with Crippen LogP contribution in [0.2, 0.25) is 0 Å². The van der Waals surface area contributed by atoms with Gasteiger partial charge in [-0.05, 0) is 12.8 Å². The predicted molar refractivity (Wildman–Crippen MR) is 66.8 cm³/mol. The first kappa shape index (κ1) is 14.3. The molecule has 0 aromatic heterocycles. The summed E-state index contributed by atoms with van der Waals surface area (Å²) in [6.45, 7) is 0.752. The van der Waals surface area contributed by atoms with E-state index in [4.69, 9.17) is 14.6 Å². The molecule has 2 fully saturated rings. The highest BCUT2D eigenvalue weighted by Gasteiger charge is 2.32. The van der Waals surface area contributed by atoms with E-state index >= 15 is 0 Å². The van der Waals surface area contributed by atoms with Crippen molar-refractivity contribution in [1.29, 1.82) is 0 Å². The van der Waals surface area contributed by atoms with Gasteiger partial charge in [-0.2, -0.15) is 0 Å². The summed E-state index contributed by atoms with van der Waals surface area (Å²) in [7, 11) is 0. The van der Waals surface area contributed by atoms with Gasteiger partial charge in [-0.25, -0.2) is 4.79 Å². The predicted octanol–water partition coefficient (Wildman–Crippen LogP) is 0.648. The van der Waals surface area contributed by atoms with Crippen LogP contribution in [0.5, 0.6) is 0 Å². The summed E-state index contributed by atoms with van der Waals surface area (Å²) in [5, 5.41) is 9.06. The number of carboxylic acids is 1. The molecule has 19 heavy (non-hydrogen) atoms. The number of hydrogen-bond acceptors (Lipinski definition) is 4. The lowest BCUT2D eigenvalue weighted by atomic mass is 9.98. The SMILES string of the molecule is O=C(O)[C@@H]1COCCN1C(=O)COC1CCCCC1. The number of hydrogen-bond donors (Lipinski definition) is 1. The number of carbonyl (C=O) groups excluding carboxylic acids is 1. The van der Waals surface area contributed by atoms with Gasteiger partial charge in [-0.1, -0.05) is 19.3 Å². The molecule has 6 heteroatoms. The minimum Gasteiger partial charge on any atom is -0.480 e. The third-order valence-electron chi connectivity index (χ3n) is 3.73. The molecule has 1 aliphatic heterocycles. The maximum Gasteiger partial charge on any atom is 0.328 e. The Labute approximate surface area is 112 Å². The smallest absolute Gasteiger partial charge is 0.328 e. The third kappa shape index (κ3) is 3.91. The van der Waals surface area contributed by atoms with Gasteiger partial charge in [-0.3, -0.25) is 4.79 Å². The van der Waals surface area contributed by atoms with Crippen LogP contribution in [-0.4, -0.2) is 60.4 Å². The number of amides is 1. The van der Waals surface area contributed by atoms with Crippen molar-refractivity contribution in [1.82, 2.24) is 4.90 Å². The van der Waals surface area contributed by atoms with Crippen molar-refractivity contribution >= 4 is 11.9 Å². The van der Waals surface area contributed by atoms with Crippen LogP contribution in [-0.2, 0) is 19.1 Å². The highest BCUT2D eigenvalue weighted by atomic mass is 16.5. The third-order valence-corrected chi connectivity index (χ3v) is 3.73. The molecule has 0 unspecified atom stereocenters. The summed E-state index contributed by atoms with van der Waals surface area (Å²) in [4.78, 5) is 24.5. The van der Waals surface area contributed by atoms with E-state index in [0.717, 1.165) is 25.7 Å². The Balaban J connectivity index is 1.81. The quantitative estimate of drug-likeness (QED) is 0.812. The summed E-state index contributed by atoms with van der Waals surface area (Å²) in [5.74, 6) is -1.27. The van der Waals surface area contributed by atoms with Gasteiger partial charge in [0, 0.05) is 6.54 Å². The monoisotopic (exact) mass is 271 g/mol. The van der Waals surface area contributed by atoms with Gasteiger partial charge >= 0.3 is 5.97 Å². The Hall–Kier alpha value is -1.14. The van der Waals surface area contributed by atoms with E-state index in [0.29, 0.717) is 13.2 Å². The first-order valence-corrected chi connectivity index (χ1v) is 6.90. The largest absolute Gasteiger partial charge is 0.480 e. The van der Waals surface area contributed by atoms with Crippen LogP contribution in [0, 0.1) is 0 Å². The second-order valence-electron chi connectivity index (χ2n) is 5.09. The lowest BCUT2D eigenvalue weighted by Crippen LogP contribution is -2.53. The van der Waals surface area contributed by atoms with Gasteiger partial charge in [0.15, 0.2) is 6.04 Å². The van der Waals surface area contributed by atoms with E-state index in [-0.39, 0.29) is 25.2 Å². The zero-order valence-corrected chi connectivity index (χ0v) is 11.0. The number of aliphatic carboxylic acids is 1. The number of morpholine rings is 1. The summed E-state index contributed by atoms with van der Waals surface area (Å²) >= 11 is 0. The summed E-state index contributed by atoms with van der Waals surface area (Å²) < 4.78 is 10.7. The Kier molecular flexibility index (Phi) is 5.15. The van der Waals surface area contributed by atoms with Gasteiger partial charge in [0.05, 0.1) is 19.3 Å². The molecule has 1 amide bonds. The fourth-order valence-electron chi connectivity index (χ4n) is 2.61. The van der Waals surface area contributed by atoms with Crippen LogP contribution >= 0.6 is 0 Å². The van der Waals surface area contributed by atoms with Gasteiger partial charge in [0.1, 0.15) is 6.61 Å². The molecule has 1 saturated carbocycles. The normalized spacial score (nSPS) is 25.3. The van der Waals surface area contributed by atoms with Gasteiger partial charge in [0.2, 0.25) is 5.91 Å². The molecule has 1 atom stereocenters. The lowest BCUT2D eigenvalue weighted by molar-refractivity contribution is -0.161. The van der Waals surface area contributed by atoms with Crippen molar-refractivity contribution in [2.45, 2.75) is 44.2 Å². The maximum atomic E-state index is 12.0. The van der Waals surface area contributed by atoms with Crippen LogP contribution in [0.1, 0.15) is 32.1 Å². The molecule has 1 saturated heterocycles. The molecule has 0 spiro atoms. The van der Waals surface area contributed by atoms with Crippen LogP contribution in [0.15, 0.2) is 0 Å². The molecule has 0 radical (unpaired) electrons. The molecule has 0 aromatic rings. The first-order chi connectivity index (χ1) is 9.18. The van der Waals surface area contributed by atoms with Crippen LogP contribution in [0.3, 0.4) is 0 Å². The number of ether oxygens (including phenoxy) is 2. The standard InChI is InChI=1S/C13H21NO5/c15-12(9-19-10-4-2-1-3-5-10)14-6-7-18-8-11(14)13(16)17/h10-11H,1-9H2,(H,16,17)/t11-/m0/s1. The first-order valence-electron chi connectivity index (χ1n) is 6.90. The highest BCUT2D eigenvalue weighted by molar-refractivity contribution is 5.84. The molecular formula is C13H21NO5. The highest BCUT2D eigenvalue weighted by Crippen LogP contribution is 2.20. The molecule has 0 aromatic carbocycles. The molecule has 1 aliphatic carbocycles. The van der Waals surface area contributed by atoms with Crippen molar-refractivity contribution in [3.63, 3.8) is 0 Å². The van der Waals surface area contributed by atoms with Crippen molar-refractivity contribution in [2.75, 3.05) is 26.4 Å². The fraction of sp³-hybridized carbons (Fsp3) is 0.846. The van der Waals surface area contributed by atoms with E-state index in [1.54, 1.807) is 0 Å². The van der Waals surface area contributed by atoms with Crippen LogP contribution in [0.25, 0.3) is 0 Å². The van der Waals surface area contributed by atoms with Crippen LogP contribution in [0.4, 0.5) is 0 Å². The van der Waals surface area contributed by atoms with Crippen molar-refractivity contribution in [3.05, 3.63) is 0 Å². The molecular weight excluding hydrogens is 250 g/mol. The number of nitrogens with zero attached hydrogens (tertiary/aromatic N) is 1. The number of carbonyl (C=O) groups is 2. The molecule has 1 N–H and O–H groups in total. The summed E-state index contributed by atoms with van der Waals surface area (Å²) in [6, 6.07) is -0.879. The van der Waals surface area contributed by atoms with Crippen molar-refractivity contribution in [2.24, 2.45) is 0 Å². The van der Waals surface area contributed by atoms with E-state index in [2.05, 4.69) is 0 Å². The fourth-order valence-corrected chi connectivity index (χ4v) is 2.61. The molecule has 6 nitrogen and oxygen atoms in total. The number of carboxylic acid groups (broad SMARTS) is 1. The van der Waals surface area contributed by atoms with Gasteiger partial charge < -0.3 is 19.5 Å². The van der Waals surface area contributed by atoms with E-state index in [1.807, 2.05) is 0 Å². The van der Waals surface area contributed by atoms with E-state index < -0.39 is 12.0 Å². The molecule has 108 valence electrons. The topological polar surface area (TPSA) is 76.1 Å². The zero-order chi connectivity index (χ0) is 13.7. The number of rotatable bonds is 4. The summed E-state index contributed by atoms with van der Waals surface area (Å²) in [6.07, 6.45) is 5.68. The van der Waals surface area contributed by atoms with Crippen LogP contribution < -0.4 is 0 Å². The Bertz CT molecular complexity index is 327. The Morgan fingerprint density at radius 3 is 2.68 bits per heavy atom. The molecule has 1 heterocycles. The van der Waals surface area contributed by atoms with Crippen molar-refractivity contribution in [3.8, 4) is 0 Å². The molecule has 0 bridgehead atoms. The second kappa shape index (κ2) is 6.86. The van der Waals surface area contributed by atoms with E-state index in [9.17, 15) is 9.59 Å². The Morgan fingerprint density at radius 2 is 2.00 bits per heavy atom. The minimum atomic E-state index is -1.02. The average Bonchev–Trinajstić information content (AvgIpc) is 2.46. The van der Waals surface area contributed by atoms with Gasteiger partial charge in [-0.15, -0.1) is 0 Å². The van der Waals surface area contributed by atoms with Gasteiger partial charge in [0.25, 0.3) is 0 Å². The van der Waals surface area contributed by atoms with Crippen molar-refractivity contribution < 1.29 is 24.2 Å². The molecule has 2 rings (SSSR count). The van der Waals surface area contributed by atoms with E-state index in [1.165, 1.54) is 11.3 Å². The molecule has 2 aliphatic rings. The minimum absolute atomic E-state index is 0.0194.